The molecule has 102 valence electrons. The van der Waals surface area contributed by atoms with Gasteiger partial charge < -0.3 is 15.6 Å². The number of hydrogen-bond acceptors (Lipinski definition) is 3. The fraction of sp³-hybridized carbons (Fsp3) is 0.600. The topological polar surface area (TPSA) is 55.5 Å². The Labute approximate surface area is 110 Å². The van der Waals surface area contributed by atoms with Crippen molar-refractivity contribution in [2.45, 2.75) is 51.7 Å². The lowest BCUT2D eigenvalue weighted by Crippen LogP contribution is -2.41. The molecule has 3 heteroatoms. The van der Waals surface area contributed by atoms with Crippen LogP contribution in [0.3, 0.4) is 0 Å². The first-order valence-corrected chi connectivity index (χ1v) is 6.71. The molecule has 3 nitrogen and oxygen atoms in total. The monoisotopic (exact) mass is 251 g/mol. The third-order valence-electron chi connectivity index (χ3n) is 3.11. The zero-order valence-corrected chi connectivity index (χ0v) is 11.6. The Morgan fingerprint density at radius 2 is 1.83 bits per heavy atom. The first-order valence-electron chi connectivity index (χ1n) is 6.71. The van der Waals surface area contributed by atoms with Crippen LogP contribution in [0, 0.1) is 0 Å². The van der Waals surface area contributed by atoms with Crippen molar-refractivity contribution in [3.63, 3.8) is 0 Å². The average molecular weight is 251 g/mol. The smallest absolute Gasteiger partial charge is 0.137 e. The number of aliphatic hydroxyl groups excluding tert-OH is 1. The van der Waals surface area contributed by atoms with E-state index in [1.165, 1.54) is 5.56 Å². The molecule has 0 aliphatic rings. The first-order chi connectivity index (χ1) is 8.58. The van der Waals surface area contributed by atoms with Gasteiger partial charge in [-0.25, -0.2) is 0 Å². The molecular formula is C15H25NO2. The number of ether oxygens (including phenoxy) is 1. The lowest BCUT2D eigenvalue weighted by molar-refractivity contribution is 0.0916. The fourth-order valence-corrected chi connectivity index (χ4v) is 1.89. The Morgan fingerprint density at radius 3 is 2.28 bits per heavy atom. The van der Waals surface area contributed by atoms with Crippen molar-refractivity contribution in [1.82, 2.24) is 0 Å². The SMILES string of the molecule is CCCC(N)C(CO)Oc1ccc(C(C)C)cc1. The van der Waals surface area contributed by atoms with E-state index < -0.39 is 0 Å². The maximum absolute atomic E-state index is 9.32. The van der Waals surface area contributed by atoms with E-state index >= 15 is 0 Å². The van der Waals surface area contributed by atoms with E-state index in [0.717, 1.165) is 18.6 Å². The molecule has 0 saturated carbocycles. The maximum Gasteiger partial charge on any atom is 0.137 e. The molecule has 0 radical (unpaired) electrons. The molecule has 0 bridgehead atoms. The maximum atomic E-state index is 9.32. The minimum absolute atomic E-state index is 0.0485. The van der Waals surface area contributed by atoms with Crippen molar-refractivity contribution in [2.75, 3.05) is 6.61 Å². The van der Waals surface area contributed by atoms with Crippen LogP contribution in [0.15, 0.2) is 24.3 Å². The van der Waals surface area contributed by atoms with E-state index in [-0.39, 0.29) is 18.8 Å². The summed E-state index contributed by atoms with van der Waals surface area (Å²) in [6, 6.07) is 7.87. The summed E-state index contributed by atoms with van der Waals surface area (Å²) in [6.45, 7) is 6.34. The molecule has 0 heterocycles. The van der Waals surface area contributed by atoms with E-state index in [1.807, 2.05) is 12.1 Å². The van der Waals surface area contributed by atoms with Crippen molar-refractivity contribution >= 4 is 0 Å². The van der Waals surface area contributed by atoms with Gasteiger partial charge >= 0.3 is 0 Å². The molecule has 0 spiro atoms. The van der Waals surface area contributed by atoms with Gasteiger partial charge in [-0.3, -0.25) is 0 Å². The first kappa shape index (κ1) is 15.0. The van der Waals surface area contributed by atoms with E-state index in [4.69, 9.17) is 10.5 Å². The van der Waals surface area contributed by atoms with Gasteiger partial charge in [-0.2, -0.15) is 0 Å². The number of rotatable bonds is 7. The summed E-state index contributed by atoms with van der Waals surface area (Å²) in [4.78, 5) is 0. The second kappa shape index (κ2) is 7.39. The Kier molecular flexibility index (Phi) is 6.16. The average Bonchev–Trinajstić information content (AvgIpc) is 2.36. The van der Waals surface area contributed by atoms with Crippen molar-refractivity contribution in [3.8, 4) is 5.75 Å². The Hall–Kier alpha value is -1.06. The van der Waals surface area contributed by atoms with Gasteiger partial charge in [0, 0.05) is 6.04 Å². The van der Waals surface area contributed by atoms with Crippen LogP contribution < -0.4 is 10.5 Å². The highest BCUT2D eigenvalue weighted by atomic mass is 16.5. The molecule has 1 aromatic carbocycles. The molecule has 2 unspecified atom stereocenters. The fourth-order valence-electron chi connectivity index (χ4n) is 1.89. The van der Waals surface area contributed by atoms with Crippen molar-refractivity contribution in [2.24, 2.45) is 5.73 Å². The summed E-state index contributed by atoms with van der Waals surface area (Å²) >= 11 is 0. The molecule has 1 rings (SSSR count). The van der Waals surface area contributed by atoms with Gasteiger partial charge in [0.05, 0.1) is 6.61 Å². The van der Waals surface area contributed by atoms with E-state index in [2.05, 4.69) is 32.9 Å². The third kappa shape index (κ3) is 4.31. The van der Waals surface area contributed by atoms with Crippen LogP contribution in [0.5, 0.6) is 5.75 Å². The van der Waals surface area contributed by atoms with Crippen molar-refractivity contribution < 1.29 is 9.84 Å². The highest BCUT2D eigenvalue weighted by Gasteiger charge is 2.17. The van der Waals surface area contributed by atoms with Crippen LogP contribution in [0.25, 0.3) is 0 Å². The number of nitrogens with two attached hydrogens (primary N) is 1. The van der Waals surface area contributed by atoms with Crippen LogP contribution in [0.2, 0.25) is 0 Å². The standard InChI is InChI=1S/C15H25NO2/c1-4-5-14(16)15(10-17)18-13-8-6-12(7-9-13)11(2)3/h6-9,11,14-15,17H,4-5,10,16H2,1-3H3. The molecule has 0 aliphatic heterocycles. The lowest BCUT2D eigenvalue weighted by Gasteiger charge is -2.23. The number of aliphatic hydroxyl groups is 1. The molecule has 0 amide bonds. The lowest BCUT2D eigenvalue weighted by atomic mass is 10.0. The van der Waals surface area contributed by atoms with Crippen LogP contribution in [0.1, 0.15) is 45.1 Å². The molecule has 2 atom stereocenters. The zero-order valence-electron chi connectivity index (χ0n) is 11.6. The Bertz CT molecular complexity index is 335. The van der Waals surface area contributed by atoms with E-state index in [9.17, 15) is 5.11 Å². The molecule has 1 aromatic rings. The summed E-state index contributed by atoms with van der Waals surface area (Å²) in [5, 5.41) is 9.32. The third-order valence-corrected chi connectivity index (χ3v) is 3.11. The van der Waals surface area contributed by atoms with Gasteiger partial charge in [-0.15, -0.1) is 0 Å². The second-order valence-electron chi connectivity index (χ2n) is 5.02. The Morgan fingerprint density at radius 1 is 1.22 bits per heavy atom. The van der Waals surface area contributed by atoms with E-state index in [0.29, 0.717) is 5.92 Å². The van der Waals surface area contributed by atoms with Gasteiger partial charge in [0.25, 0.3) is 0 Å². The van der Waals surface area contributed by atoms with Crippen LogP contribution in [-0.4, -0.2) is 23.9 Å². The van der Waals surface area contributed by atoms with Gasteiger partial charge in [-0.1, -0.05) is 39.3 Å². The number of hydrogen-bond donors (Lipinski definition) is 2. The zero-order chi connectivity index (χ0) is 13.5. The van der Waals surface area contributed by atoms with Crippen molar-refractivity contribution in [1.29, 1.82) is 0 Å². The minimum atomic E-state index is -0.324. The van der Waals surface area contributed by atoms with Gasteiger partial charge in [-0.05, 0) is 30.0 Å². The normalized spacial score (nSPS) is 14.6. The second-order valence-corrected chi connectivity index (χ2v) is 5.02. The van der Waals surface area contributed by atoms with Crippen LogP contribution in [-0.2, 0) is 0 Å². The largest absolute Gasteiger partial charge is 0.486 e. The number of benzene rings is 1. The summed E-state index contributed by atoms with van der Waals surface area (Å²) in [5.74, 6) is 1.28. The van der Waals surface area contributed by atoms with Crippen LogP contribution in [0.4, 0.5) is 0 Å². The van der Waals surface area contributed by atoms with Crippen molar-refractivity contribution in [3.05, 3.63) is 29.8 Å². The molecular weight excluding hydrogens is 226 g/mol. The van der Waals surface area contributed by atoms with Gasteiger partial charge in [0.2, 0.25) is 0 Å². The highest BCUT2D eigenvalue weighted by Crippen LogP contribution is 2.20. The Balaban J connectivity index is 2.64. The summed E-state index contributed by atoms with van der Waals surface area (Å²) < 4.78 is 5.74. The quantitative estimate of drug-likeness (QED) is 0.783. The van der Waals surface area contributed by atoms with E-state index in [1.54, 1.807) is 0 Å². The van der Waals surface area contributed by atoms with Crippen LogP contribution >= 0.6 is 0 Å². The summed E-state index contributed by atoms with van der Waals surface area (Å²) in [5.41, 5.74) is 7.26. The molecule has 0 aromatic heterocycles. The predicted molar refractivity (Wildman–Crippen MR) is 74.9 cm³/mol. The molecule has 3 N–H and O–H groups in total. The molecule has 0 saturated heterocycles. The van der Waals surface area contributed by atoms with Gasteiger partial charge in [0.15, 0.2) is 0 Å². The molecule has 0 aliphatic carbocycles. The summed E-state index contributed by atoms with van der Waals surface area (Å²) in [6.07, 6.45) is 1.53. The molecule has 0 fully saturated rings. The summed E-state index contributed by atoms with van der Waals surface area (Å²) in [7, 11) is 0. The highest BCUT2D eigenvalue weighted by molar-refractivity contribution is 5.29. The molecule has 18 heavy (non-hydrogen) atoms. The minimum Gasteiger partial charge on any atom is -0.486 e. The van der Waals surface area contributed by atoms with Gasteiger partial charge in [0.1, 0.15) is 11.9 Å². The predicted octanol–water partition coefficient (Wildman–Crippen LogP) is 2.68.